The van der Waals surface area contributed by atoms with Crippen molar-refractivity contribution in [2.75, 3.05) is 13.2 Å². The molecule has 1 amide bonds. The van der Waals surface area contributed by atoms with Crippen molar-refractivity contribution in [3.05, 3.63) is 66.1 Å². The number of carbonyl (C=O) groups excluding carboxylic acids is 1. The molecule has 3 rings (SSSR count). The van der Waals surface area contributed by atoms with Gasteiger partial charge < -0.3 is 9.64 Å². The fourth-order valence-corrected chi connectivity index (χ4v) is 2.91. The summed E-state index contributed by atoms with van der Waals surface area (Å²) in [6.07, 6.45) is -0.699. The molecule has 30 heavy (non-hydrogen) atoms. The van der Waals surface area contributed by atoms with Gasteiger partial charge in [-0.3, -0.25) is 4.79 Å². The van der Waals surface area contributed by atoms with Crippen LogP contribution in [0.2, 0.25) is 0 Å². The van der Waals surface area contributed by atoms with Gasteiger partial charge in [-0.2, -0.15) is 28.2 Å². The van der Waals surface area contributed by atoms with Gasteiger partial charge in [0.25, 0.3) is 5.91 Å². The Morgan fingerprint density at radius 3 is 2.47 bits per heavy atom. The smallest absolute Gasteiger partial charge is 0.417 e. The molecule has 2 aromatic heterocycles. The van der Waals surface area contributed by atoms with Gasteiger partial charge in [0.2, 0.25) is 5.88 Å². The van der Waals surface area contributed by atoms with E-state index in [1.165, 1.54) is 17.2 Å². The van der Waals surface area contributed by atoms with Crippen LogP contribution in [0.3, 0.4) is 0 Å². The minimum absolute atomic E-state index is 0.0551. The summed E-state index contributed by atoms with van der Waals surface area (Å²) in [6.45, 7) is 4.10. The van der Waals surface area contributed by atoms with E-state index >= 15 is 0 Å². The van der Waals surface area contributed by atoms with Crippen molar-refractivity contribution in [2.24, 2.45) is 0 Å². The summed E-state index contributed by atoms with van der Waals surface area (Å²) in [5.41, 5.74) is 0.121. The first-order valence-electron chi connectivity index (χ1n) is 9.24. The summed E-state index contributed by atoms with van der Waals surface area (Å²) in [7, 11) is 0. The molecule has 0 spiro atoms. The molecule has 0 saturated carbocycles. The highest BCUT2D eigenvalue weighted by molar-refractivity contribution is 5.97. The van der Waals surface area contributed by atoms with Crippen molar-refractivity contribution in [2.45, 2.75) is 26.1 Å². The topological polar surface area (TPSA) is 73.1 Å². The number of hydrogen-bond acceptors (Lipinski definition) is 5. The molecule has 0 aliphatic heterocycles. The Hall–Kier alpha value is -3.43. The number of nitrogens with zero attached hydrogens (tertiary/aromatic N) is 5. The third-order valence-corrected chi connectivity index (χ3v) is 4.44. The average Bonchev–Trinajstić information content (AvgIpc) is 3.27. The number of aromatic nitrogens is 4. The number of rotatable bonds is 7. The van der Waals surface area contributed by atoms with Gasteiger partial charge >= 0.3 is 6.18 Å². The molecule has 2 heterocycles. The van der Waals surface area contributed by atoms with Crippen LogP contribution >= 0.6 is 0 Å². The van der Waals surface area contributed by atoms with Crippen molar-refractivity contribution >= 4 is 5.91 Å². The third-order valence-electron chi connectivity index (χ3n) is 4.44. The predicted molar refractivity (Wildman–Crippen MR) is 102 cm³/mol. The van der Waals surface area contributed by atoms with Gasteiger partial charge in [0, 0.05) is 18.8 Å². The van der Waals surface area contributed by atoms with Gasteiger partial charge in [-0.15, -0.1) is 0 Å². The zero-order valence-electron chi connectivity index (χ0n) is 16.4. The van der Waals surface area contributed by atoms with Crippen LogP contribution in [0.15, 0.2) is 55.0 Å². The Labute approximate surface area is 171 Å². The molecule has 0 aliphatic rings. The minimum Gasteiger partial charge on any atom is -0.475 e. The summed E-state index contributed by atoms with van der Waals surface area (Å²) < 4.78 is 43.4. The minimum atomic E-state index is -4.46. The van der Waals surface area contributed by atoms with Crippen LogP contribution < -0.4 is 4.74 Å². The normalized spacial score (nSPS) is 12.4. The van der Waals surface area contributed by atoms with Crippen LogP contribution in [0.4, 0.5) is 13.2 Å². The zero-order chi connectivity index (χ0) is 21.7. The lowest BCUT2D eigenvalue weighted by Crippen LogP contribution is -2.42. The largest absolute Gasteiger partial charge is 0.475 e. The highest BCUT2D eigenvalue weighted by atomic mass is 19.4. The first kappa shape index (κ1) is 21.3. The van der Waals surface area contributed by atoms with Gasteiger partial charge in [-0.1, -0.05) is 12.1 Å². The monoisotopic (exact) mass is 419 g/mol. The van der Waals surface area contributed by atoms with Gasteiger partial charge in [-0.05, 0) is 32.0 Å². The van der Waals surface area contributed by atoms with E-state index in [1.807, 2.05) is 6.92 Å². The molecule has 10 heteroatoms. The van der Waals surface area contributed by atoms with Crippen LogP contribution in [0.1, 0.15) is 29.8 Å². The molecule has 1 atom stereocenters. The van der Waals surface area contributed by atoms with Crippen LogP contribution in [0, 0.1) is 0 Å². The zero-order valence-corrected chi connectivity index (χ0v) is 16.4. The van der Waals surface area contributed by atoms with Gasteiger partial charge in [-0.25, -0.2) is 4.98 Å². The SMILES string of the molecule is CCN(C(=O)c1ccccc1-n1nccn1)C(C)COc1ccc(C(F)(F)F)cn1. The number of para-hydroxylation sites is 1. The Balaban J connectivity index is 1.71. The van der Waals surface area contributed by atoms with E-state index < -0.39 is 11.7 Å². The number of carbonyl (C=O) groups is 1. The molecule has 0 aliphatic carbocycles. The number of likely N-dealkylation sites (N-methyl/N-ethyl adjacent to an activating group) is 1. The predicted octanol–water partition coefficient (Wildman–Crippen LogP) is 3.61. The van der Waals surface area contributed by atoms with E-state index in [0.29, 0.717) is 17.8 Å². The number of alkyl halides is 3. The Morgan fingerprint density at radius 1 is 1.17 bits per heavy atom. The molecule has 0 bridgehead atoms. The number of halogens is 3. The van der Waals surface area contributed by atoms with E-state index in [1.54, 1.807) is 36.1 Å². The highest BCUT2D eigenvalue weighted by Crippen LogP contribution is 2.29. The van der Waals surface area contributed by atoms with Gasteiger partial charge in [0.15, 0.2) is 0 Å². The lowest BCUT2D eigenvalue weighted by atomic mass is 10.1. The summed E-state index contributed by atoms with van der Waals surface area (Å²) in [6, 6.07) is 8.68. The second kappa shape index (κ2) is 8.93. The molecule has 158 valence electrons. The first-order valence-corrected chi connectivity index (χ1v) is 9.24. The number of ether oxygens (including phenoxy) is 1. The maximum Gasteiger partial charge on any atom is 0.417 e. The maximum absolute atomic E-state index is 13.2. The maximum atomic E-state index is 13.2. The summed E-state index contributed by atoms with van der Waals surface area (Å²) in [5, 5.41) is 8.16. The fourth-order valence-electron chi connectivity index (χ4n) is 2.91. The number of hydrogen-bond donors (Lipinski definition) is 0. The standard InChI is InChI=1S/C20H20F3N5O2/c1-3-27(14(2)13-30-18-9-8-15(12-24-18)20(21,22)23)19(29)16-6-4-5-7-17(16)28-25-10-11-26-28/h4-12,14H,3,13H2,1-2H3. The molecule has 7 nitrogen and oxygen atoms in total. The quantitative estimate of drug-likeness (QED) is 0.585. The van der Waals surface area contributed by atoms with E-state index in [2.05, 4.69) is 15.2 Å². The summed E-state index contributed by atoms with van der Waals surface area (Å²) >= 11 is 0. The third kappa shape index (κ3) is 4.76. The molecule has 3 aromatic rings. The molecule has 0 N–H and O–H groups in total. The summed E-state index contributed by atoms with van der Waals surface area (Å²) in [4.78, 5) is 19.8. The second-order valence-electron chi connectivity index (χ2n) is 6.47. The van der Waals surface area contributed by atoms with Crippen LogP contribution in [0.25, 0.3) is 5.69 Å². The average molecular weight is 419 g/mol. The van der Waals surface area contributed by atoms with Gasteiger partial charge in [0.05, 0.1) is 35.2 Å². The molecule has 0 radical (unpaired) electrons. The number of pyridine rings is 1. The Morgan fingerprint density at radius 2 is 1.87 bits per heavy atom. The molecule has 1 aromatic carbocycles. The van der Waals surface area contributed by atoms with Crippen LogP contribution in [0.5, 0.6) is 5.88 Å². The summed E-state index contributed by atoms with van der Waals surface area (Å²) in [5.74, 6) is -0.179. The van der Waals surface area contributed by atoms with Crippen molar-refractivity contribution in [3.8, 4) is 11.6 Å². The highest BCUT2D eigenvalue weighted by Gasteiger charge is 2.31. The number of amides is 1. The molecular weight excluding hydrogens is 399 g/mol. The Kier molecular flexibility index (Phi) is 6.34. The van der Waals surface area contributed by atoms with Crippen molar-refractivity contribution in [3.63, 3.8) is 0 Å². The van der Waals surface area contributed by atoms with E-state index in [0.717, 1.165) is 18.3 Å². The van der Waals surface area contributed by atoms with Crippen LogP contribution in [-0.2, 0) is 6.18 Å². The van der Waals surface area contributed by atoms with Crippen molar-refractivity contribution in [1.29, 1.82) is 0 Å². The van der Waals surface area contributed by atoms with Crippen LogP contribution in [-0.4, -0.2) is 50.0 Å². The molecular formula is C20H20F3N5O2. The lowest BCUT2D eigenvalue weighted by Gasteiger charge is -2.28. The van der Waals surface area contributed by atoms with E-state index in [9.17, 15) is 18.0 Å². The molecule has 0 fully saturated rings. The number of benzene rings is 1. The molecule has 1 unspecified atom stereocenters. The van der Waals surface area contributed by atoms with Crippen molar-refractivity contribution in [1.82, 2.24) is 24.9 Å². The Bertz CT molecular complexity index is 975. The van der Waals surface area contributed by atoms with Gasteiger partial charge in [0.1, 0.15) is 6.61 Å². The lowest BCUT2D eigenvalue weighted by molar-refractivity contribution is -0.137. The van der Waals surface area contributed by atoms with Crippen molar-refractivity contribution < 1.29 is 22.7 Å². The van der Waals surface area contributed by atoms with E-state index in [4.69, 9.17) is 4.74 Å². The van der Waals surface area contributed by atoms with E-state index in [-0.39, 0.29) is 24.4 Å². The molecule has 0 saturated heterocycles. The second-order valence-corrected chi connectivity index (χ2v) is 6.47. The first-order chi connectivity index (χ1) is 14.3. The fraction of sp³-hybridized carbons (Fsp3) is 0.300.